The van der Waals surface area contributed by atoms with E-state index in [9.17, 15) is 0 Å². The average Bonchev–Trinajstić information content (AvgIpc) is 3.21. The fourth-order valence-electron chi connectivity index (χ4n) is 3.80. The Bertz CT molecular complexity index is 1120. The first kappa shape index (κ1) is 18.2. The largest absolute Gasteiger partial charge is 0.361 e. The van der Waals surface area contributed by atoms with Crippen LogP contribution in [0.25, 0.3) is 22.3 Å². The van der Waals surface area contributed by atoms with Crippen LogP contribution in [0.5, 0.6) is 0 Å². The van der Waals surface area contributed by atoms with Gasteiger partial charge < -0.3 is 14.4 Å². The van der Waals surface area contributed by atoms with Crippen LogP contribution in [-0.2, 0) is 6.54 Å². The second kappa shape index (κ2) is 7.11. The summed E-state index contributed by atoms with van der Waals surface area (Å²) in [6.07, 6.45) is 1.84. The fraction of sp³-hybridized carbons (Fsp3) is 0.318. The van der Waals surface area contributed by atoms with Gasteiger partial charge in [0.1, 0.15) is 5.76 Å². The third kappa shape index (κ3) is 3.05. The molecule has 1 N–H and O–H groups in total. The number of imidazole rings is 1. The molecule has 0 spiro atoms. The van der Waals surface area contributed by atoms with Gasteiger partial charge in [-0.3, -0.25) is 0 Å². The number of benzene rings is 1. The number of hydrogen-bond donors (Lipinski definition) is 1. The van der Waals surface area contributed by atoms with Gasteiger partial charge in [-0.05, 0) is 37.0 Å². The van der Waals surface area contributed by atoms with Crippen molar-refractivity contribution in [2.24, 2.45) is 0 Å². The Morgan fingerprint density at radius 3 is 2.64 bits per heavy atom. The zero-order valence-electron chi connectivity index (χ0n) is 16.9. The predicted molar refractivity (Wildman–Crippen MR) is 112 cm³/mol. The number of aromatic nitrogens is 4. The van der Waals surface area contributed by atoms with Crippen LogP contribution in [0.2, 0.25) is 0 Å². The number of pyridine rings is 1. The van der Waals surface area contributed by atoms with Crippen LogP contribution in [0.15, 0.2) is 41.1 Å². The third-order valence-corrected chi connectivity index (χ3v) is 5.16. The van der Waals surface area contributed by atoms with E-state index < -0.39 is 0 Å². The standard InChI is InChI=1S/C22H25N5O/c1-13(2)18-9-7-6-8-16(18)12-27-19-10-17(20-14(3)26-28-15(20)4)11-24-21(19)25-22(27)23-5/h6-11,13H,12H2,1-5H3,(H,23,24,25). The highest BCUT2D eigenvalue weighted by Crippen LogP contribution is 2.30. The lowest BCUT2D eigenvalue weighted by Gasteiger charge is -2.15. The van der Waals surface area contributed by atoms with Gasteiger partial charge in [-0.25, -0.2) is 4.98 Å². The van der Waals surface area contributed by atoms with E-state index in [0.29, 0.717) is 5.92 Å². The summed E-state index contributed by atoms with van der Waals surface area (Å²) in [4.78, 5) is 9.28. The zero-order valence-corrected chi connectivity index (χ0v) is 16.9. The highest BCUT2D eigenvalue weighted by molar-refractivity contribution is 5.81. The van der Waals surface area contributed by atoms with Gasteiger partial charge in [-0.1, -0.05) is 43.3 Å². The van der Waals surface area contributed by atoms with Crippen molar-refractivity contribution < 1.29 is 4.52 Å². The maximum Gasteiger partial charge on any atom is 0.205 e. The molecule has 4 aromatic rings. The molecule has 0 saturated heterocycles. The van der Waals surface area contributed by atoms with Crippen LogP contribution in [0, 0.1) is 13.8 Å². The van der Waals surface area contributed by atoms with Crippen LogP contribution in [0.4, 0.5) is 5.95 Å². The van der Waals surface area contributed by atoms with Gasteiger partial charge in [0.2, 0.25) is 5.95 Å². The van der Waals surface area contributed by atoms with Crippen molar-refractivity contribution in [3.63, 3.8) is 0 Å². The minimum absolute atomic E-state index is 0.458. The molecule has 6 nitrogen and oxygen atoms in total. The third-order valence-electron chi connectivity index (χ3n) is 5.16. The highest BCUT2D eigenvalue weighted by Gasteiger charge is 2.17. The van der Waals surface area contributed by atoms with E-state index in [-0.39, 0.29) is 0 Å². The number of nitrogens with one attached hydrogen (secondary N) is 1. The van der Waals surface area contributed by atoms with E-state index in [4.69, 9.17) is 4.52 Å². The summed E-state index contributed by atoms with van der Waals surface area (Å²) in [6.45, 7) is 9.05. The van der Waals surface area contributed by atoms with Crippen molar-refractivity contribution in [2.75, 3.05) is 12.4 Å². The van der Waals surface area contributed by atoms with Gasteiger partial charge >= 0.3 is 0 Å². The molecule has 3 aromatic heterocycles. The molecular formula is C22H25N5O. The highest BCUT2D eigenvalue weighted by atomic mass is 16.5. The fourth-order valence-corrected chi connectivity index (χ4v) is 3.80. The number of hydrogen-bond acceptors (Lipinski definition) is 5. The van der Waals surface area contributed by atoms with Crippen molar-refractivity contribution in [3.05, 3.63) is 59.1 Å². The molecule has 3 heterocycles. The lowest BCUT2D eigenvalue weighted by atomic mass is 9.97. The Labute approximate surface area is 164 Å². The summed E-state index contributed by atoms with van der Waals surface area (Å²) in [5.74, 6) is 2.06. The zero-order chi connectivity index (χ0) is 19.8. The molecule has 0 radical (unpaired) electrons. The second-order valence-electron chi connectivity index (χ2n) is 7.39. The molecule has 0 aliphatic rings. The molecule has 0 unspecified atom stereocenters. The molecule has 144 valence electrons. The molecule has 28 heavy (non-hydrogen) atoms. The number of aryl methyl sites for hydroxylation is 2. The monoisotopic (exact) mass is 375 g/mol. The minimum Gasteiger partial charge on any atom is -0.361 e. The normalized spacial score (nSPS) is 11.5. The first-order chi connectivity index (χ1) is 13.5. The lowest BCUT2D eigenvalue weighted by Crippen LogP contribution is -2.07. The Kier molecular flexibility index (Phi) is 4.63. The molecule has 0 fully saturated rings. The summed E-state index contributed by atoms with van der Waals surface area (Å²) in [6, 6.07) is 10.7. The smallest absolute Gasteiger partial charge is 0.205 e. The number of anilines is 1. The van der Waals surface area contributed by atoms with Gasteiger partial charge in [-0.2, -0.15) is 4.98 Å². The van der Waals surface area contributed by atoms with E-state index in [1.54, 1.807) is 0 Å². The quantitative estimate of drug-likeness (QED) is 0.536. The van der Waals surface area contributed by atoms with Crippen LogP contribution in [-0.4, -0.2) is 26.7 Å². The number of nitrogens with zero attached hydrogens (tertiary/aromatic N) is 4. The molecule has 0 atom stereocenters. The molecule has 0 amide bonds. The van der Waals surface area contributed by atoms with Crippen LogP contribution >= 0.6 is 0 Å². The summed E-state index contributed by atoms with van der Waals surface area (Å²) in [5.41, 5.74) is 7.20. The first-order valence-electron chi connectivity index (χ1n) is 9.54. The molecule has 0 bridgehead atoms. The first-order valence-corrected chi connectivity index (χ1v) is 9.54. The van der Waals surface area contributed by atoms with Crippen molar-refractivity contribution in [1.29, 1.82) is 0 Å². The Balaban J connectivity index is 1.87. The van der Waals surface area contributed by atoms with E-state index in [0.717, 1.165) is 46.2 Å². The average molecular weight is 375 g/mol. The van der Waals surface area contributed by atoms with E-state index in [1.807, 2.05) is 27.1 Å². The molecule has 4 rings (SSSR count). The van der Waals surface area contributed by atoms with Crippen LogP contribution in [0.1, 0.15) is 42.3 Å². The van der Waals surface area contributed by atoms with Gasteiger partial charge in [0.25, 0.3) is 0 Å². The maximum atomic E-state index is 5.34. The van der Waals surface area contributed by atoms with Crippen LogP contribution in [0.3, 0.4) is 0 Å². The Morgan fingerprint density at radius 1 is 1.18 bits per heavy atom. The Morgan fingerprint density at radius 2 is 1.96 bits per heavy atom. The van der Waals surface area contributed by atoms with Crippen molar-refractivity contribution in [3.8, 4) is 11.1 Å². The molecule has 6 heteroatoms. The SMILES string of the molecule is CNc1nc2ncc(-c3c(C)noc3C)cc2n1Cc1ccccc1C(C)C. The lowest BCUT2D eigenvalue weighted by molar-refractivity contribution is 0.393. The number of fused-ring (bicyclic) bond motifs is 1. The summed E-state index contributed by atoms with van der Waals surface area (Å²) in [7, 11) is 1.89. The van der Waals surface area contributed by atoms with Gasteiger partial charge in [-0.15, -0.1) is 0 Å². The van der Waals surface area contributed by atoms with Crippen molar-refractivity contribution in [2.45, 2.75) is 40.2 Å². The van der Waals surface area contributed by atoms with Crippen LogP contribution < -0.4 is 5.32 Å². The molecular weight excluding hydrogens is 350 g/mol. The van der Waals surface area contributed by atoms with Crippen molar-refractivity contribution >= 4 is 17.1 Å². The Hall–Kier alpha value is -3.15. The van der Waals surface area contributed by atoms with E-state index in [2.05, 4.69) is 69.2 Å². The summed E-state index contributed by atoms with van der Waals surface area (Å²) < 4.78 is 7.53. The second-order valence-corrected chi connectivity index (χ2v) is 7.39. The maximum absolute atomic E-state index is 5.34. The topological polar surface area (TPSA) is 68.8 Å². The summed E-state index contributed by atoms with van der Waals surface area (Å²) in [5, 5.41) is 7.29. The van der Waals surface area contributed by atoms with Crippen molar-refractivity contribution in [1.82, 2.24) is 19.7 Å². The number of rotatable bonds is 5. The minimum atomic E-state index is 0.458. The molecule has 0 aliphatic carbocycles. The van der Waals surface area contributed by atoms with E-state index in [1.165, 1.54) is 11.1 Å². The predicted octanol–water partition coefficient (Wildman–Crippen LogP) is 4.92. The van der Waals surface area contributed by atoms with Gasteiger partial charge in [0.05, 0.1) is 17.8 Å². The molecule has 0 saturated carbocycles. The van der Waals surface area contributed by atoms with E-state index >= 15 is 0 Å². The summed E-state index contributed by atoms with van der Waals surface area (Å²) >= 11 is 0. The van der Waals surface area contributed by atoms with Gasteiger partial charge in [0.15, 0.2) is 5.65 Å². The van der Waals surface area contributed by atoms with Gasteiger partial charge in [0, 0.05) is 24.4 Å². The molecule has 1 aromatic carbocycles. The molecule has 0 aliphatic heterocycles.